The minimum absolute atomic E-state index is 0.0478. The number of carbonyl (C=O) groups excluding carboxylic acids is 1. The van der Waals surface area contributed by atoms with E-state index in [0.29, 0.717) is 12.1 Å². The van der Waals surface area contributed by atoms with E-state index in [1.54, 1.807) is 11.6 Å². The first-order valence-corrected chi connectivity index (χ1v) is 6.46. The van der Waals surface area contributed by atoms with Gasteiger partial charge in [-0.1, -0.05) is 0 Å². The van der Waals surface area contributed by atoms with Crippen molar-refractivity contribution in [3.63, 3.8) is 0 Å². The Balaban J connectivity index is 2.16. The van der Waals surface area contributed by atoms with Crippen LogP contribution >= 0.6 is 11.5 Å². The minimum atomic E-state index is 0.0478. The van der Waals surface area contributed by atoms with Crippen molar-refractivity contribution in [1.82, 2.24) is 14.2 Å². The van der Waals surface area contributed by atoms with Crippen LogP contribution in [-0.4, -0.2) is 19.9 Å². The molecule has 0 saturated carbocycles. The van der Waals surface area contributed by atoms with Crippen LogP contribution in [0.4, 0.5) is 5.00 Å². The smallest absolute Gasteiger partial charge is 0.164 e. The monoisotopic (exact) mass is 264 g/mol. The highest BCUT2D eigenvalue weighted by Gasteiger charge is 2.15. The van der Waals surface area contributed by atoms with E-state index in [9.17, 15) is 4.79 Å². The number of nitrogens with zero attached hydrogens (tertiary/aromatic N) is 3. The Kier molecular flexibility index (Phi) is 3.47. The molecular weight excluding hydrogens is 248 g/mol. The van der Waals surface area contributed by atoms with E-state index >= 15 is 0 Å². The molecule has 2 aromatic rings. The molecule has 0 saturated heterocycles. The standard InChI is InChI=1S/C12H16N4OS/c1-7-10(6-16(4)14-7)5-13-12-11(9(3)17)8(2)15-18-12/h6,13H,5H2,1-4H3. The van der Waals surface area contributed by atoms with Crippen molar-refractivity contribution in [3.05, 3.63) is 28.7 Å². The third kappa shape index (κ3) is 2.43. The summed E-state index contributed by atoms with van der Waals surface area (Å²) in [5.41, 5.74) is 3.60. The first-order chi connectivity index (χ1) is 8.49. The van der Waals surface area contributed by atoms with Gasteiger partial charge in [-0.05, 0) is 32.3 Å². The summed E-state index contributed by atoms with van der Waals surface area (Å²) in [6.45, 7) is 6.05. The van der Waals surface area contributed by atoms with Gasteiger partial charge in [-0.2, -0.15) is 9.47 Å². The van der Waals surface area contributed by atoms with Gasteiger partial charge in [0, 0.05) is 25.4 Å². The maximum atomic E-state index is 11.5. The van der Waals surface area contributed by atoms with Gasteiger partial charge in [-0.25, -0.2) is 0 Å². The molecule has 0 unspecified atom stereocenters. The summed E-state index contributed by atoms with van der Waals surface area (Å²) in [4.78, 5) is 11.5. The number of carbonyl (C=O) groups is 1. The van der Waals surface area contributed by atoms with Gasteiger partial charge >= 0.3 is 0 Å². The highest BCUT2D eigenvalue weighted by atomic mass is 32.1. The van der Waals surface area contributed by atoms with E-state index in [2.05, 4.69) is 14.8 Å². The zero-order valence-electron chi connectivity index (χ0n) is 10.9. The molecule has 0 amide bonds. The first kappa shape index (κ1) is 12.8. The van der Waals surface area contributed by atoms with Crippen molar-refractivity contribution >= 4 is 22.3 Å². The normalized spacial score (nSPS) is 10.7. The van der Waals surface area contributed by atoms with Crippen molar-refractivity contribution in [2.75, 3.05) is 5.32 Å². The minimum Gasteiger partial charge on any atom is -0.371 e. The van der Waals surface area contributed by atoms with E-state index in [4.69, 9.17) is 0 Å². The number of nitrogens with one attached hydrogen (secondary N) is 1. The summed E-state index contributed by atoms with van der Waals surface area (Å²) in [7, 11) is 1.90. The largest absolute Gasteiger partial charge is 0.371 e. The van der Waals surface area contributed by atoms with Crippen molar-refractivity contribution in [1.29, 1.82) is 0 Å². The lowest BCUT2D eigenvalue weighted by Crippen LogP contribution is -2.03. The highest BCUT2D eigenvalue weighted by Crippen LogP contribution is 2.25. The van der Waals surface area contributed by atoms with Gasteiger partial charge in [-0.15, -0.1) is 0 Å². The Morgan fingerprint density at radius 3 is 2.72 bits per heavy atom. The Labute approximate surface area is 110 Å². The number of anilines is 1. The number of hydrogen-bond donors (Lipinski definition) is 1. The van der Waals surface area contributed by atoms with Gasteiger partial charge < -0.3 is 5.32 Å². The van der Waals surface area contributed by atoms with E-state index in [-0.39, 0.29) is 5.78 Å². The quantitative estimate of drug-likeness (QED) is 0.861. The average molecular weight is 264 g/mol. The summed E-state index contributed by atoms with van der Waals surface area (Å²) < 4.78 is 6.00. The molecule has 0 radical (unpaired) electrons. The van der Waals surface area contributed by atoms with E-state index < -0.39 is 0 Å². The SMILES string of the molecule is CC(=O)c1c(C)nsc1NCc1cn(C)nc1C. The number of Topliss-reactive ketones (excluding diaryl/α,β-unsaturated/α-hetero) is 1. The number of aryl methyl sites for hydroxylation is 3. The average Bonchev–Trinajstić information content (AvgIpc) is 2.79. The second-order valence-electron chi connectivity index (χ2n) is 4.30. The predicted octanol–water partition coefficient (Wildman–Crippen LogP) is 2.31. The van der Waals surface area contributed by atoms with E-state index in [0.717, 1.165) is 22.0 Å². The molecule has 0 aliphatic heterocycles. The Morgan fingerprint density at radius 2 is 2.17 bits per heavy atom. The maximum Gasteiger partial charge on any atom is 0.164 e. The van der Waals surface area contributed by atoms with Crippen LogP contribution in [0.3, 0.4) is 0 Å². The van der Waals surface area contributed by atoms with Gasteiger partial charge in [-0.3, -0.25) is 9.48 Å². The third-order valence-corrected chi connectivity index (χ3v) is 3.67. The molecule has 0 fully saturated rings. The molecule has 0 aromatic carbocycles. The number of aromatic nitrogens is 3. The molecule has 0 bridgehead atoms. The molecule has 5 nitrogen and oxygen atoms in total. The fourth-order valence-corrected chi connectivity index (χ4v) is 2.74. The molecular formula is C12H16N4OS. The topological polar surface area (TPSA) is 59.8 Å². The van der Waals surface area contributed by atoms with Crippen molar-refractivity contribution < 1.29 is 4.79 Å². The number of hydrogen-bond acceptors (Lipinski definition) is 5. The van der Waals surface area contributed by atoms with Crippen LogP contribution < -0.4 is 5.32 Å². The molecule has 2 aromatic heterocycles. The van der Waals surface area contributed by atoms with Crippen LogP contribution in [0.1, 0.15) is 34.2 Å². The van der Waals surface area contributed by atoms with Crippen molar-refractivity contribution in [2.24, 2.45) is 7.05 Å². The number of rotatable bonds is 4. The molecule has 0 spiro atoms. The Morgan fingerprint density at radius 1 is 1.44 bits per heavy atom. The molecule has 6 heteroatoms. The molecule has 0 atom stereocenters. The van der Waals surface area contributed by atoms with Crippen LogP contribution in [0.25, 0.3) is 0 Å². The Hall–Kier alpha value is -1.69. The maximum absolute atomic E-state index is 11.5. The van der Waals surface area contributed by atoms with Gasteiger partial charge in [0.15, 0.2) is 5.78 Å². The van der Waals surface area contributed by atoms with Gasteiger partial charge in [0.05, 0.1) is 17.0 Å². The fraction of sp³-hybridized carbons (Fsp3) is 0.417. The summed E-state index contributed by atoms with van der Waals surface area (Å²) in [5, 5.41) is 8.39. The van der Waals surface area contributed by atoms with E-state index in [1.807, 2.05) is 27.1 Å². The first-order valence-electron chi connectivity index (χ1n) is 5.69. The summed E-state index contributed by atoms with van der Waals surface area (Å²) in [6.07, 6.45) is 1.98. The third-order valence-electron chi connectivity index (χ3n) is 2.77. The summed E-state index contributed by atoms with van der Waals surface area (Å²) in [6, 6.07) is 0. The van der Waals surface area contributed by atoms with Crippen molar-refractivity contribution in [3.8, 4) is 0 Å². The van der Waals surface area contributed by atoms with Crippen LogP contribution in [0.5, 0.6) is 0 Å². The van der Waals surface area contributed by atoms with Gasteiger partial charge in [0.25, 0.3) is 0 Å². The molecule has 0 aliphatic rings. The molecule has 18 heavy (non-hydrogen) atoms. The van der Waals surface area contributed by atoms with Crippen LogP contribution in [0.15, 0.2) is 6.20 Å². The van der Waals surface area contributed by atoms with Gasteiger partial charge in [0.2, 0.25) is 0 Å². The zero-order chi connectivity index (χ0) is 13.3. The second-order valence-corrected chi connectivity index (χ2v) is 5.07. The molecule has 2 heterocycles. The van der Waals surface area contributed by atoms with Crippen LogP contribution in [-0.2, 0) is 13.6 Å². The van der Waals surface area contributed by atoms with Crippen molar-refractivity contribution in [2.45, 2.75) is 27.3 Å². The second kappa shape index (κ2) is 4.89. The molecule has 0 aliphatic carbocycles. The fourth-order valence-electron chi connectivity index (χ4n) is 1.90. The molecule has 2 rings (SSSR count). The van der Waals surface area contributed by atoms with E-state index in [1.165, 1.54) is 11.5 Å². The molecule has 1 N–H and O–H groups in total. The summed E-state index contributed by atoms with van der Waals surface area (Å²) in [5.74, 6) is 0.0478. The lowest BCUT2D eigenvalue weighted by atomic mass is 10.2. The lowest BCUT2D eigenvalue weighted by Gasteiger charge is -2.04. The zero-order valence-corrected chi connectivity index (χ0v) is 11.8. The summed E-state index contributed by atoms with van der Waals surface area (Å²) >= 11 is 1.33. The highest BCUT2D eigenvalue weighted by molar-refractivity contribution is 7.10. The number of ketones is 1. The lowest BCUT2D eigenvalue weighted by molar-refractivity contribution is 0.101. The van der Waals surface area contributed by atoms with Gasteiger partial charge in [0.1, 0.15) is 5.00 Å². The predicted molar refractivity (Wildman–Crippen MR) is 72.1 cm³/mol. The Bertz CT molecular complexity index is 585. The van der Waals surface area contributed by atoms with Crippen LogP contribution in [0.2, 0.25) is 0 Å². The molecule has 96 valence electrons. The van der Waals surface area contributed by atoms with Crippen LogP contribution in [0, 0.1) is 13.8 Å².